The highest BCUT2D eigenvalue weighted by Gasteiger charge is 2.19. The van der Waals surface area contributed by atoms with E-state index in [0.717, 1.165) is 40.8 Å². The zero-order chi connectivity index (χ0) is 21.7. The van der Waals surface area contributed by atoms with E-state index >= 15 is 0 Å². The molecule has 0 amide bonds. The second-order valence-corrected chi connectivity index (χ2v) is 7.71. The lowest BCUT2D eigenvalue weighted by molar-refractivity contribution is 0.0694. The number of aryl methyl sites for hydroxylation is 1. The van der Waals surface area contributed by atoms with Gasteiger partial charge in [-0.15, -0.1) is 0 Å². The van der Waals surface area contributed by atoms with E-state index in [1.54, 1.807) is 18.2 Å². The first-order valence-electron chi connectivity index (χ1n) is 9.57. The van der Waals surface area contributed by atoms with E-state index in [1.807, 2.05) is 18.2 Å². The maximum Gasteiger partial charge on any atom is 0.339 e. The van der Waals surface area contributed by atoms with Crippen molar-refractivity contribution in [3.63, 3.8) is 0 Å². The summed E-state index contributed by atoms with van der Waals surface area (Å²) < 4.78 is 23.0. The quantitative estimate of drug-likeness (QED) is 0.421. The number of rotatable bonds is 8. The molecule has 0 aromatic heterocycles. The Morgan fingerprint density at radius 2 is 1.67 bits per heavy atom. The first-order valence-corrected chi connectivity index (χ1v) is 10.6. The second kappa shape index (κ2) is 9.56. The summed E-state index contributed by atoms with van der Waals surface area (Å²) in [6, 6.07) is 19.1. The number of aromatic carboxylic acids is 1. The highest BCUT2D eigenvalue weighted by Crippen LogP contribution is 2.33. The van der Waals surface area contributed by atoms with E-state index in [4.69, 9.17) is 5.11 Å². The molecular weight excluding hydrogens is 402 g/mol. The second-order valence-electron chi connectivity index (χ2n) is 6.88. The number of phenols is 1. The predicted octanol–water partition coefficient (Wildman–Crippen LogP) is 5.37. The van der Waals surface area contributed by atoms with E-state index in [2.05, 4.69) is 19.1 Å². The number of nitrogens with zero attached hydrogens (tertiary/aromatic N) is 1. The Kier molecular flexibility index (Phi) is 6.87. The first kappa shape index (κ1) is 21.5. The Hall–Kier alpha value is -3.16. The average Bonchev–Trinajstić information content (AvgIpc) is 2.72. The van der Waals surface area contributed by atoms with E-state index in [9.17, 15) is 18.7 Å². The van der Waals surface area contributed by atoms with Crippen molar-refractivity contribution in [2.24, 2.45) is 0 Å². The summed E-state index contributed by atoms with van der Waals surface area (Å²) in [5.41, 5.74) is 3.47. The van der Waals surface area contributed by atoms with E-state index < -0.39 is 23.0 Å². The van der Waals surface area contributed by atoms with Crippen molar-refractivity contribution in [1.82, 2.24) is 0 Å². The third kappa shape index (κ3) is 4.87. The molecule has 1 unspecified atom stereocenters. The Morgan fingerprint density at radius 1 is 0.967 bits per heavy atom. The Balaban J connectivity index is 1.95. The van der Waals surface area contributed by atoms with E-state index in [-0.39, 0.29) is 11.3 Å². The fraction of sp³-hybridized carbons (Fsp3) is 0.174. The van der Waals surface area contributed by atoms with E-state index in [0.29, 0.717) is 5.69 Å². The smallest absolute Gasteiger partial charge is 0.339 e. The molecule has 3 aromatic carbocycles. The molecule has 0 heterocycles. The van der Waals surface area contributed by atoms with Gasteiger partial charge < -0.3 is 10.2 Å². The first-order chi connectivity index (χ1) is 14.4. The Labute approximate surface area is 177 Å². The summed E-state index contributed by atoms with van der Waals surface area (Å²) in [5, 5.41) is 19.0. The van der Waals surface area contributed by atoms with Crippen molar-refractivity contribution in [1.29, 1.82) is 0 Å². The number of anilines is 2. The van der Waals surface area contributed by atoms with Gasteiger partial charge in [0.05, 0.1) is 11.4 Å². The van der Waals surface area contributed by atoms with Gasteiger partial charge >= 0.3 is 5.97 Å². The molecule has 0 spiro atoms. The van der Waals surface area contributed by atoms with Gasteiger partial charge in [-0.1, -0.05) is 49.7 Å². The Bertz CT molecular complexity index is 1070. The van der Waals surface area contributed by atoms with Crippen LogP contribution < -0.4 is 4.31 Å². The third-order valence-corrected chi connectivity index (χ3v) is 5.52. The van der Waals surface area contributed by atoms with Crippen molar-refractivity contribution >= 4 is 28.6 Å². The SMILES string of the molecule is CCCCc1ccc(-c2cccc(N(c3ccc(C(=O)O)c(O)c3)S(=O)O)c2)cc1. The van der Waals surface area contributed by atoms with Crippen LogP contribution in [0.4, 0.5) is 11.4 Å². The molecule has 0 saturated carbocycles. The lowest BCUT2D eigenvalue weighted by Crippen LogP contribution is -2.19. The van der Waals surface area contributed by atoms with Gasteiger partial charge in [-0.25, -0.2) is 13.3 Å². The summed E-state index contributed by atoms with van der Waals surface area (Å²) in [6.07, 6.45) is 3.31. The fourth-order valence-electron chi connectivity index (χ4n) is 3.21. The monoisotopic (exact) mass is 425 g/mol. The highest BCUT2D eigenvalue weighted by molar-refractivity contribution is 7.81. The van der Waals surface area contributed by atoms with Gasteiger partial charge in [0, 0.05) is 6.07 Å². The molecule has 156 valence electrons. The minimum atomic E-state index is -2.43. The maximum atomic E-state index is 12.1. The molecule has 7 heteroatoms. The van der Waals surface area contributed by atoms with Gasteiger partial charge in [0.25, 0.3) is 11.3 Å². The van der Waals surface area contributed by atoms with Crippen LogP contribution in [-0.4, -0.2) is 24.9 Å². The van der Waals surface area contributed by atoms with Crippen LogP contribution in [0.25, 0.3) is 11.1 Å². The molecule has 1 atom stereocenters. The van der Waals surface area contributed by atoms with E-state index in [1.165, 1.54) is 17.7 Å². The number of hydrogen-bond donors (Lipinski definition) is 3. The zero-order valence-corrected chi connectivity index (χ0v) is 17.3. The molecule has 6 nitrogen and oxygen atoms in total. The Morgan fingerprint density at radius 3 is 2.27 bits per heavy atom. The van der Waals surface area contributed by atoms with Crippen molar-refractivity contribution in [2.75, 3.05) is 4.31 Å². The summed E-state index contributed by atoms with van der Waals surface area (Å²) in [4.78, 5) is 11.1. The van der Waals surface area contributed by atoms with Crippen molar-refractivity contribution in [3.05, 3.63) is 77.9 Å². The van der Waals surface area contributed by atoms with Crippen LogP contribution in [-0.2, 0) is 17.7 Å². The molecule has 30 heavy (non-hydrogen) atoms. The van der Waals surface area contributed by atoms with Crippen LogP contribution in [0.1, 0.15) is 35.7 Å². The van der Waals surface area contributed by atoms with Gasteiger partial charge in [0.1, 0.15) is 11.3 Å². The van der Waals surface area contributed by atoms with Crippen LogP contribution >= 0.6 is 0 Å². The topological polar surface area (TPSA) is 98.1 Å². The van der Waals surface area contributed by atoms with Gasteiger partial charge in [0.15, 0.2) is 0 Å². The van der Waals surface area contributed by atoms with Gasteiger partial charge in [0.2, 0.25) is 0 Å². The van der Waals surface area contributed by atoms with Crippen molar-refractivity contribution < 1.29 is 23.8 Å². The molecule has 0 bridgehead atoms. The largest absolute Gasteiger partial charge is 0.507 e. The number of carboxylic acids is 1. The van der Waals surface area contributed by atoms with Crippen molar-refractivity contribution in [3.8, 4) is 16.9 Å². The normalized spacial score (nSPS) is 11.8. The lowest BCUT2D eigenvalue weighted by atomic mass is 10.0. The number of benzene rings is 3. The van der Waals surface area contributed by atoms with Gasteiger partial charge in [-0.05, 0) is 53.8 Å². The fourth-order valence-corrected chi connectivity index (χ4v) is 3.80. The number of aromatic hydroxyl groups is 1. The predicted molar refractivity (Wildman–Crippen MR) is 118 cm³/mol. The molecule has 3 aromatic rings. The van der Waals surface area contributed by atoms with Gasteiger partial charge in [-0.3, -0.25) is 4.55 Å². The maximum absolute atomic E-state index is 12.1. The number of hydrogen-bond acceptors (Lipinski definition) is 3. The van der Waals surface area contributed by atoms with Gasteiger partial charge in [-0.2, -0.15) is 0 Å². The number of carboxylic acid groups (broad SMARTS) is 1. The minimum absolute atomic E-state index is 0.199. The lowest BCUT2D eigenvalue weighted by Gasteiger charge is -2.21. The molecule has 3 N–H and O–H groups in total. The summed E-state index contributed by atoms with van der Waals surface area (Å²) in [7, 11) is 0. The van der Waals surface area contributed by atoms with Crippen LogP contribution in [0.15, 0.2) is 66.7 Å². The van der Waals surface area contributed by atoms with Crippen LogP contribution in [0.3, 0.4) is 0 Å². The molecule has 0 aliphatic rings. The highest BCUT2D eigenvalue weighted by atomic mass is 32.2. The summed E-state index contributed by atoms with van der Waals surface area (Å²) in [5.74, 6) is -1.76. The minimum Gasteiger partial charge on any atom is -0.507 e. The van der Waals surface area contributed by atoms with Crippen molar-refractivity contribution in [2.45, 2.75) is 26.2 Å². The molecule has 0 aliphatic carbocycles. The third-order valence-electron chi connectivity index (χ3n) is 4.79. The standard InChI is InChI=1S/C23H23NO5S/c1-2-3-5-16-8-10-17(11-9-16)18-6-4-7-19(14-18)24(30(28)29)20-12-13-21(23(26)27)22(25)15-20/h4,6-15,25H,2-3,5H2,1H3,(H,26,27)(H,28,29). The number of unbranched alkanes of at least 4 members (excludes halogenated alkanes) is 1. The molecule has 3 rings (SSSR count). The van der Waals surface area contributed by atoms with Crippen LogP contribution in [0.5, 0.6) is 5.75 Å². The van der Waals surface area contributed by atoms with Crippen LogP contribution in [0, 0.1) is 0 Å². The molecule has 0 aliphatic heterocycles. The number of carbonyl (C=O) groups is 1. The summed E-state index contributed by atoms with van der Waals surface area (Å²) in [6.45, 7) is 2.16. The average molecular weight is 426 g/mol. The molecule has 0 fully saturated rings. The zero-order valence-electron chi connectivity index (χ0n) is 16.5. The summed E-state index contributed by atoms with van der Waals surface area (Å²) >= 11 is -2.43. The molecule has 0 radical (unpaired) electrons. The molecular formula is C23H23NO5S. The van der Waals surface area contributed by atoms with Crippen LogP contribution in [0.2, 0.25) is 0 Å². The molecule has 0 saturated heterocycles.